The maximum atomic E-state index is 13.9. The first kappa shape index (κ1) is 25.0. The predicted molar refractivity (Wildman–Crippen MR) is 136 cm³/mol. The molecule has 2 saturated carbocycles. The Hall–Kier alpha value is -3.29. The smallest absolute Gasteiger partial charge is 0.286 e. The minimum Gasteiger partial charge on any atom is -0.511 e. The molecule has 0 aromatic heterocycles. The van der Waals surface area contributed by atoms with Crippen LogP contribution in [-0.2, 0) is 37.1 Å². The number of halogens is 1. The number of nitrogens with two attached hydrogens (primary N) is 1. The van der Waals surface area contributed by atoms with Gasteiger partial charge >= 0.3 is 0 Å². The molecule has 2 aromatic rings. The molecule has 10 nitrogen and oxygen atoms in total. The van der Waals surface area contributed by atoms with Gasteiger partial charge < -0.3 is 15.3 Å². The first-order valence-corrected chi connectivity index (χ1v) is 15.3. The van der Waals surface area contributed by atoms with E-state index in [0.29, 0.717) is 5.56 Å². The maximum absolute atomic E-state index is 13.9. The van der Waals surface area contributed by atoms with Gasteiger partial charge in [0.2, 0.25) is 10.0 Å². The molecule has 4 atom stereocenters. The molecule has 1 amide bonds. The minimum atomic E-state index is -4.35. The average molecular weight is 561 g/mol. The van der Waals surface area contributed by atoms with Gasteiger partial charge in [-0.3, -0.25) is 4.79 Å². The minimum absolute atomic E-state index is 0.0985. The number of anilines is 1. The summed E-state index contributed by atoms with van der Waals surface area (Å²) in [5.74, 6) is -1.96. The summed E-state index contributed by atoms with van der Waals surface area (Å²) in [4.78, 5) is 15.3. The van der Waals surface area contributed by atoms with Crippen LogP contribution in [0.1, 0.15) is 30.4 Å². The standard InChI is InChI=1S/C25H25FN4O6S2/c26-17-6-1-13(2-7-17)11-30-22-16-5-4-15(10-16)20(22)23(31)21(25(30)32)24-28-18-8-3-14(12-37(27,33)34)9-19(18)38(35,36)29-24/h1-3,6-9,15-16,20,22,31H,4-5,10-12H2,(H,28,29)(H2,27,33,34)/t15-,16+,20?,22?/m0/s1. The number of amides is 1. The van der Waals surface area contributed by atoms with Crippen LogP contribution >= 0.6 is 0 Å². The van der Waals surface area contributed by atoms with Gasteiger partial charge in [-0.1, -0.05) is 18.2 Å². The van der Waals surface area contributed by atoms with Crippen molar-refractivity contribution in [1.29, 1.82) is 0 Å². The van der Waals surface area contributed by atoms with Gasteiger partial charge in [0, 0.05) is 18.5 Å². The summed E-state index contributed by atoms with van der Waals surface area (Å²) in [6.07, 6.45) is 2.69. The van der Waals surface area contributed by atoms with Crippen LogP contribution in [-0.4, -0.2) is 44.6 Å². The van der Waals surface area contributed by atoms with E-state index < -0.39 is 37.5 Å². The Kier molecular flexibility index (Phi) is 5.67. The van der Waals surface area contributed by atoms with Gasteiger partial charge in [-0.25, -0.2) is 17.9 Å². The summed E-state index contributed by atoms with van der Waals surface area (Å²) in [7, 11) is -8.24. The van der Waals surface area contributed by atoms with E-state index in [9.17, 15) is 31.1 Å². The summed E-state index contributed by atoms with van der Waals surface area (Å²) in [5.41, 5.74) is 0.771. The third kappa shape index (κ3) is 4.18. The molecule has 2 aromatic carbocycles. The zero-order valence-electron chi connectivity index (χ0n) is 20.0. The van der Waals surface area contributed by atoms with Crippen LogP contribution in [0.15, 0.2) is 63.1 Å². The molecule has 2 fully saturated rings. The number of hydrogen-bond acceptors (Lipinski definition) is 7. The number of rotatable bonds is 5. The van der Waals surface area contributed by atoms with Gasteiger partial charge in [-0.15, -0.1) is 4.40 Å². The Labute approximate surface area is 219 Å². The summed E-state index contributed by atoms with van der Waals surface area (Å²) >= 11 is 0. The Morgan fingerprint density at radius 3 is 2.50 bits per heavy atom. The Morgan fingerprint density at radius 2 is 1.79 bits per heavy atom. The highest BCUT2D eigenvalue weighted by Gasteiger charge is 2.57. The van der Waals surface area contributed by atoms with Crippen molar-refractivity contribution in [3.63, 3.8) is 0 Å². The van der Waals surface area contributed by atoms with Crippen LogP contribution in [0.3, 0.4) is 0 Å². The molecule has 2 aliphatic heterocycles. The van der Waals surface area contributed by atoms with Gasteiger partial charge in [-0.05, 0) is 66.5 Å². The van der Waals surface area contributed by atoms with E-state index in [0.717, 1.165) is 19.3 Å². The number of benzene rings is 2. The lowest BCUT2D eigenvalue weighted by Crippen LogP contribution is -2.53. The Bertz CT molecular complexity index is 1640. The molecule has 0 spiro atoms. The molecule has 38 heavy (non-hydrogen) atoms. The highest BCUT2D eigenvalue weighted by molar-refractivity contribution is 7.90. The van der Waals surface area contributed by atoms with E-state index >= 15 is 0 Å². The zero-order valence-corrected chi connectivity index (χ0v) is 21.7. The second kappa shape index (κ2) is 8.61. The third-order valence-electron chi connectivity index (χ3n) is 7.94. The van der Waals surface area contributed by atoms with Crippen LogP contribution in [0.4, 0.5) is 10.1 Å². The highest BCUT2D eigenvalue weighted by Crippen LogP contribution is 2.55. The number of aliphatic hydroxyl groups excluding tert-OH is 1. The summed E-state index contributed by atoms with van der Waals surface area (Å²) < 4.78 is 66.6. The van der Waals surface area contributed by atoms with Gasteiger partial charge in [0.25, 0.3) is 15.9 Å². The first-order chi connectivity index (χ1) is 17.9. The van der Waals surface area contributed by atoms with E-state index in [1.54, 1.807) is 17.0 Å². The molecule has 6 rings (SSSR count). The van der Waals surface area contributed by atoms with E-state index in [1.165, 1.54) is 30.3 Å². The SMILES string of the molecule is NS(=O)(=O)Cc1ccc2c(c1)S(=O)(=O)N=C(C1=C(O)C3C([C@@H]4CC[C@H]3C4)N(Cc3ccc(F)cc3)C1=O)N2. The lowest BCUT2D eigenvalue weighted by Gasteiger charge is -2.44. The van der Waals surface area contributed by atoms with E-state index in [1.807, 2.05) is 0 Å². The molecule has 4 aliphatic rings. The topological polar surface area (TPSA) is 159 Å². The molecular formula is C25H25FN4O6S2. The molecule has 2 unspecified atom stereocenters. The molecular weight excluding hydrogens is 535 g/mol. The number of nitrogens with one attached hydrogen (secondary N) is 1. The van der Waals surface area contributed by atoms with Crippen LogP contribution in [0.25, 0.3) is 0 Å². The van der Waals surface area contributed by atoms with Gasteiger partial charge in [0.15, 0.2) is 5.84 Å². The van der Waals surface area contributed by atoms with Crippen molar-refractivity contribution < 1.29 is 31.1 Å². The molecule has 13 heteroatoms. The fraction of sp³-hybridized carbons (Fsp3) is 0.360. The van der Waals surface area contributed by atoms with E-state index in [2.05, 4.69) is 9.71 Å². The predicted octanol–water partition coefficient (Wildman–Crippen LogP) is 2.40. The number of amidine groups is 1. The number of fused-ring (bicyclic) bond motifs is 6. The van der Waals surface area contributed by atoms with Crippen LogP contribution < -0.4 is 10.5 Å². The number of aliphatic hydroxyl groups is 1. The molecule has 200 valence electrons. The summed E-state index contributed by atoms with van der Waals surface area (Å²) in [5, 5.41) is 19.3. The maximum Gasteiger partial charge on any atom is 0.286 e. The van der Waals surface area contributed by atoms with Crippen molar-refractivity contribution in [2.45, 2.75) is 42.5 Å². The van der Waals surface area contributed by atoms with Crippen LogP contribution in [0, 0.1) is 23.6 Å². The van der Waals surface area contributed by atoms with Crippen molar-refractivity contribution in [3.8, 4) is 0 Å². The van der Waals surface area contributed by atoms with Crippen LogP contribution in [0.5, 0.6) is 0 Å². The van der Waals surface area contributed by atoms with Gasteiger partial charge in [0.1, 0.15) is 22.0 Å². The second-order valence-corrected chi connectivity index (χ2v) is 13.5. The fourth-order valence-electron chi connectivity index (χ4n) is 6.47. The largest absolute Gasteiger partial charge is 0.511 e. The Morgan fingerprint density at radius 1 is 1.11 bits per heavy atom. The van der Waals surface area contributed by atoms with Crippen molar-refractivity contribution in [2.24, 2.45) is 27.3 Å². The fourth-order valence-corrected chi connectivity index (χ4v) is 8.29. The number of carbonyl (C=O) groups excluding carboxylic acids is 1. The number of sulfonamides is 2. The zero-order chi connectivity index (χ0) is 27.0. The monoisotopic (exact) mass is 560 g/mol. The van der Waals surface area contributed by atoms with Crippen molar-refractivity contribution >= 4 is 37.5 Å². The molecule has 0 saturated heterocycles. The quantitative estimate of drug-likeness (QED) is 0.506. The molecule has 2 bridgehead atoms. The molecule has 0 radical (unpaired) electrons. The van der Waals surface area contributed by atoms with E-state index in [-0.39, 0.29) is 63.7 Å². The van der Waals surface area contributed by atoms with Crippen LogP contribution in [0.2, 0.25) is 0 Å². The van der Waals surface area contributed by atoms with Crippen molar-refractivity contribution in [1.82, 2.24) is 4.90 Å². The second-order valence-electron chi connectivity index (χ2n) is 10.3. The number of nitrogens with zero attached hydrogens (tertiary/aromatic N) is 2. The average Bonchev–Trinajstić information content (AvgIpc) is 3.45. The first-order valence-electron chi connectivity index (χ1n) is 12.2. The highest BCUT2D eigenvalue weighted by atomic mass is 32.2. The third-order valence-corrected chi connectivity index (χ3v) is 9.99. The normalized spacial score (nSPS) is 27.6. The Balaban J connectivity index is 1.41. The van der Waals surface area contributed by atoms with Crippen molar-refractivity contribution in [3.05, 3.63) is 70.7 Å². The number of hydrogen-bond donors (Lipinski definition) is 3. The number of carbonyl (C=O) groups is 1. The lowest BCUT2D eigenvalue weighted by atomic mass is 9.77. The summed E-state index contributed by atoms with van der Waals surface area (Å²) in [6.45, 7) is 0.174. The summed E-state index contributed by atoms with van der Waals surface area (Å²) in [6, 6.07) is 9.54. The number of primary sulfonamides is 1. The lowest BCUT2D eigenvalue weighted by molar-refractivity contribution is -0.134. The van der Waals surface area contributed by atoms with Gasteiger partial charge in [-0.2, -0.15) is 8.42 Å². The van der Waals surface area contributed by atoms with E-state index in [4.69, 9.17) is 5.14 Å². The molecule has 2 aliphatic carbocycles. The molecule has 4 N–H and O–H groups in total. The van der Waals surface area contributed by atoms with Crippen molar-refractivity contribution in [2.75, 3.05) is 5.32 Å². The molecule has 2 heterocycles. The van der Waals surface area contributed by atoms with Gasteiger partial charge in [0.05, 0.1) is 11.4 Å².